The van der Waals surface area contributed by atoms with Crippen LogP contribution in [-0.2, 0) is 13.2 Å². The lowest BCUT2D eigenvalue weighted by Crippen LogP contribution is -2.48. The van der Waals surface area contributed by atoms with Crippen LogP contribution in [0.5, 0.6) is 5.75 Å². The number of piperazine rings is 1. The number of benzene rings is 2. The first kappa shape index (κ1) is 22.0. The minimum atomic E-state index is -0.232. The Morgan fingerprint density at radius 2 is 1.69 bits per heavy atom. The second-order valence-corrected chi connectivity index (χ2v) is 8.37. The van der Waals surface area contributed by atoms with E-state index in [4.69, 9.17) is 9.26 Å². The van der Waals surface area contributed by atoms with Crippen molar-refractivity contribution in [1.82, 2.24) is 15.0 Å². The van der Waals surface area contributed by atoms with Crippen molar-refractivity contribution >= 4 is 5.91 Å². The second kappa shape index (κ2) is 9.53. The molecule has 1 aliphatic heterocycles. The molecule has 0 aliphatic carbocycles. The molecule has 0 radical (unpaired) electrons. The summed E-state index contributed by atoms with van der Waals surface area (Å²) in [5.41, 5.74) is 4.31. The van der Waals surface area contributed by atoms with Gasteiger partial charge >= 0.3 is 0 Å². The van der Waals surface area contributed by atoms with Gasteiger partial charge in [0, 0.05) is 32.7 Å². The molecule has 1 amide bonds. The van der Waals surface area contributed by atoms with E-state index in [0.29, 0.717) is 30.1 Å². The van der Waals surface area contributed by atoms with Gasteiger partial charge in [-0.15, -0.1) is 0 Å². The van der Waals surface area contributed by atoms with E-state index < -0.39 is 0 Å². The maximum absolute atomic E-state index is 13.1. The Morgan fingerprint density at radius 1 is 1.03 bits per heavy atom. The summed E-state index contributed by atoms with van der Waals surface area (Å²) in [4.78, 5) is 17.2. The van der Waals surface area contributed by atoms with Crippen LogP contribution in [0.15, 0.2) is 47.0 Å². The lowest BCUT2D eigenvalue weighted by Gasteiger charge is -2.34. The maximum Gasteiger partial charge on any atom is 0.276 e. The average Bonchev–Trinajstić information content (AvgIpc) is 3.13. The third-order valence-corrected chi connectivity index (χ3v) is 5.74. The third-order valence-electron chi connectivity index (χ3n) is 5.74. The minimum absolute atomic E-state index is 0.137. The summed E-state index contributed by atoms with van der Waals surface area (Å²) in [6.45, 7) is 9.49. The topological polar surface area (TPSA) is 58.8 Å². The Balaban J connectivity index is 1.37. The Labute approximate surface area is 187 Å². The van der Waals surface area contributed by atoms with E-state index >= 15 is 0 Å². The first-order valence-corrected chi connectivity index (χ1v) is 10.8. The molecular weight excluding hydrogens is 409 g/mol. The first-order valence-electron chi connectivity index (χ1n) is 10.8. The average molecular weight is 438 g/mol. The van der Waals surface area contributed by atoms with Crippen molar-refractivity contribution in [2.24, 2.45) is 0 Å². The lowest BCUT2D eigenvalue weighted by molar-refractivity contribution is 0.0616. The van der Waals surface area contributed by atoms with E-state index in [1.807, 2.05) is 26.0 Å². The summed E-state index contributed by atoms with van der Waals surface area (Å²) in [6, 6.07) is 12.6. The molecule has 0 bridgehead atoms. The molecule has 32 heavy (non-hydrogen) atoms. The standard InChI is InChI=1S/C25H28FN3O3/c1-17-12-18(2)14-22(13-17)31-16-23-19(3)32-27-24(23)25(30)29-10-8-28(9-11-29)15-20-4-6-21(26)7-5-20/h4-7,12-14H,8-11,15-16H2,1-3H3. The first-order chi connectivity index (χ1) is 15.4. The van der Waals surface area contributed by atoms with Crippen molar-refractivity contribution in [2.45, 2.75) is 33.9 Å². The number of hydrogen-bond acceptors (Lipinski definition) is 5. The highest BCUT2D eigenvalue weighted by Gasteiger charge is 2.28. The molecular formula is C25H28FN3O3. The molecule has 4 rings (SSSR count). The van der Waals surface area contributed by atoms with Crippen molar-refractivity contribution < 1.29 is 18.4 Å². The number of halogens is 1. The van der Waals surface area contributed by atoms with Gasteiger partial charge in [0.05, 0.1) is 5.56 Å². The number of aryl methyl sites for hydroxylation is 3. The maximum atomic E-state index is 13.1. The van der Waals surface area contributed by atoms with E-state index in [1.165, 1.54) is 12.1 Å². The zero-order valence-electron chi connectivity index (χ0n) is 18.7. The van der Waals surface area contributed by atoms with E-state index in [2.05, 4.69) is 16.1 Å². The highest BCUT2D eigenvalue weighted by Crippen LogP contribution is 2.22. The van der Waals surface area contributed by atoms with E-state index in [9.17, 15) is 9.18 Å². The molecule has 1 fully saturated rings. The van der Waals surface area contributed by atoms with Crippen LogP contribution in [-0.4, -0.2) is 47.0 Å². The summed E-state index contributed by atoms with van der Waals surface area (Å²) in [5, 5.41) is 4.04. The van der Waals surface area contributed by atoms with Gasteiger partial charge in [-0.25, -0.2) is 4.39 Å². The quantitative estimate of drug-likeness (QED) is 0.576. The van der Waals surface area contributed by atoms with Crippen molar-refractivity contribution in [3.05, 3.63) is 82.0 Å². The highest BCUT2D eigenvalue weighted by molar-refractivity contribution is 5.93. The van der Waals surface area contributed by atoms with Crippen LogP contribution in [0.25, 0.3) is 0 Å². The van der Waals surface area contributed by atoms with Crippen molar-refractivity contribution in [2.75, 3.05) is 26.2 Å². The van der Waals surface area contributed by atoms with Gasteiger partial charge in [0.1, 0.15) is 23.9 Å². The molecule has 1 aliphatic rings. The molecule has 0 unspecified atom stereocenters. The van der Waals surface area contributed by atoms with Gasteiger partial charge in [0.2, 0.25) is 0 Å². The largest absolute Gasteiger partial charge is 0.489 e. The molecule has 1 saturated heterocycles. The predicted molar refractivity (Wildman–Crippen MR) is 119 cm³/mol. The lowest BCUT2D eigenvalue weighted by atomic mass is 10.1. The predicted octanol–water partition coefficient (Wildman–Crippen LogP) is 4.28. The Hall–Kier alpha value is -3.19. The zero-order valence-corrected chi connectivity index (χ0v) is 18.7. The zero-order chi connectivity index (χ0) is 22.7. The number of carbonyl (C=O) groups excluding carboxylic acids is 1. The molecule has 0 N–H and O–H groups in total. The summed E-state index contributed by atoms with van der Waals surface area (Å²) >= 11 is 0. The minimum Gasteiger partial charge on any atom is -0.489 e. The number of ether oxygens (including phenoxy) is 1. The summed E-state index contributed by atoms with van der Waals surface area (Å²) in [5.74, 6) is 0.982. The van der Waals surface area contributed by atoms with Gasteiger partial charge in [-0.3, -0.25) is 9.69 Å². The van der Waals surface area contributed by atoms with Crippen LogP contribution in [0.1, 0.15) is 38.5 Å². The normalized spacial score (nSPS) is 14.6. The van der Waals surface area contributed by atoms with E-state index in [1.54, 1.807) is 24.0 Å². The second-order valence-electron chi connectivity index (χ2n) is 8.37. The molecule has 7 heteroatoms. The summed E-state index contributed by atoms with van der Waals surface area (Å²) in [6.07, 6.45) is 0. The molecule has 3 aromatic rings. The number of hydrogen-bond donors (Lipinski definition) is 0. The molecule has 1 aromatic heterocycles. The van der Waals surface area contributed by atoms with Gasteiger partial charge in [0.15, 0.2) is 5.69 Å². The molecule has 0 atom stereocenters. The summed E-state index contributed by atoms with van der Waals surface area (Å²) < 4.78 is 24.4. The smallest absolute Gasteiger partial charge is 0.276 e. The van der Waals surface area contributed by atoms with Gasteiger partial charge < -0.3 is 14.2 Å². The Kier molecular flexibility index (Phi) is 6.55. The number of aromatic nitrogens is 1. The van der Waals surface area contributed by atoms with Gasteiger partial charge in [-0.05, 0) is 61.7 Å². The number of carbonyl (C=O) groups is 1. The fraction of sp³-hybridized carbons (Fsp3) is 0.360. The van der Waals surface area contributed by atoms with Crippen LogP contribution >= 0.6 is 0 Å². The molecule has 2 aromatic carbocycles. The monoisotopic (exact) mass is 437 g/mol. The van der Waals surface area contributed by atoms with Crippen LogP contribution in [0.2, 0.25) is 0 Å². The number of nitrogens with zero attached hydrogens (tertiary/aromatic N) is 3. The van der Waals surface area contributed by atoms with Crippen LogP contribution in [0.3, 0.4) is 0 Å². The van der Waals surface area contributed by atoms with Crippen molar-refractivity contribution in [3.63, 3.8) is 0 Å². The molecule has 6 nitrogen and oxygen atoms in total. The van der Waals surface area contributed by atoms with Gasteiger partial charge in [-0.2, -0.15) is 0 Å². The van der Waals surface area contributed by atoms with E-state index in [0.717, 1.165) is 42.1 Å². The fourth-order valence-corrected chi connectivity index (χ4v) is 4.01. The number of amides is 1. The molecule has 2 heterocycles. The third kappa shape index (κ3) is 5.16. The van der Waals surface area contributed by atoms with Gasteiger partial charge in [-0.1, -0.05) is 23.4 Å². The summed E-state index contributed by atoms with van der Waals surface area (Å²) in [7, 11) is 0. The van der Waals surface area contributed by atoms with Crippen LogP contribution in [0.4, 0.5) is 4.39 Å². The molecule has 168 valence electrons. The Bertz CT molecular complexity index is 1070. The fourth-order valence-electron chi connectivity index (χ4n) is 4.01. The van der Waals surface area contributed by atoms with Gasteiger partial charge in [0.25, 0.3) is 5.91 Å². The number of rotatable bonds is 6. The van der Waals surface area contributed by atoms with Crippen molar-refractivity contribution in [3.8, 4) is 5.75 Å². The van der Waals surface area contributed by atoms with Crippen LogP contribution < -0.4 is 4.74 Å². The van der Waals surface area contributed by atoms with E-state index in [-0.39, 0.29) is 18.3 Å². The van der Waals surface area contributed by atoms with Crippen LogP contribution in [0, 0.1) is 26.6 Å². The molecule has 0 spiro atoms. The van der Waals surface area contributed by atoms with Crippen molar-refractivity contribution in [1.29, 1.82) is 0 Å². The SMILES string of the molecule is Cc1cc(C)cc(OCc2c(C(=O)N3CCN(Cc4ccc(F)cc4)CC3)noc2C)c1. The Morgan fingerprint density at radius 3 is 2.34 bits per heavy atom. The molecule has 0 saturated carbocycles. The highest BCUT2D eigenvalue weighted by atomic mass is 19.1.